The molecule has 0 fully saturated rings. The Morgan fingerprint density at radius 3 is 1.41 bits per heavy atom. The Balaban J connectivity index is 2.28. The number of benzene rings is 3. The fourth-order valence-electron chi connectivity index (χ4n) is 4.92. The van der Waals surface area contributed by atoms with Crippen LogP contribution in [0.25, 0.3) is 0 Å². The van der Waals surface area contributed by atoms with Crippen LogP contribution < -0.4 is 15.9 Å². The monoisotopic (exact) mass is 402 g/mol. The van der Waals surface area contributed by atoms with Gasteiger partial charge in [0, 0.05) is 0 Å². The molecule has 0 radical (unpaired) electrons. The molecule has 3 aromatic rings. The second-order valence-electron chi connectivity index (χ2n) is 7.29. The number of carbonyl (C=O) groups excluding carboxylic acids is 2. The molecule has 0 aliphatic carbocycles. The maximum atomic E-state index is 13.1. The third-order valence-electron chi connectivity index (χ3n) is 6.06. The van der Waals surface area contributed by atoms with Crippen molar-refractivity contribution in [1.29, 1.82) is 0 Å². The van der Waals surface area contributed by atoms with Crippen LogP contribution in [0.3, 0.4) is 0 Å². The maximum absolute atomic E-state index is 13.1. The van der Waals surface area contributed by atoms with Gasteiger partial charge in [-0.05, 0) is 0 Å². The van der Waals surface area contributed by atoms with Crippen molar-refractivity contribution in [2.75, 3.05) is 7.11 Å². The molecule has 146 valence electrons. The molecule has 1 aliphatic rings. The predicted molar refractivity (Wildman–Crippen MR) is 120 cm³/mol. The van der Waals surface area contributed by atoms with E-state index in [2.05, 4.69) is 0 Å². The minimum absolute atomic E-state index is 0.0480. The van der Waals surface area contributed by atoms with E-state index in [0.717, 1.165) is 15.9 Å². The van der Waals surface area contributed by atoms with E-state index in [-0.39, 0.29) is 11.8 Å². The second-order valence-corrected chi connectivity index (χ2v) is 12.3. The molecular weight excluding hydrogens is 379 g/mol. The van der Waals surface area contributed by atoms with Crippen LogP contribution in [0, 0.1) is 0 Å². The minimum atomic E-state index is -3.61. The first-order chi connectivity index (χ1) is 14.1. The molecule has 0 saturated carbocycles. The molecule has 3 aromatic carbocycles. The molecule has 4 rings (SSSR count). The van der Waals surface area contributed by atoms with Crippen LogP contribution in [0.2, 0.25) is 0 Å². The van der Waals surface area contributed by atoms with Gasteiger partial charge < -0.3 is 0 Å². The Morgan fingerprint density at radius 1 is 0.724 bits per heavy atom. The first-order valence-electron chi connectivity index (χ1n) is 9.57. The molecule has 1 heterocycles. The number of ketones is 1. The summed E-state index contributed by atoms with van der Waals surface area (Å²) >= 11 is 0. The van der Waals surface area contributed by atoms with Gasteiger partial charge >= 0.3 is 171 Å². The van der Waals surface area contributed by atoms with Crippen molar-refractivity contribution in [3.8, 4) is 0 Å². The van der Waals surface area contributed by atoms with E-state index in [1.54, 1.807) is 6.92 Å². The van der Waals surface area contributed by atoms with Gasteiger partial charge in [0.05, 0.1) is 0 Å². The summed E-state index contributed by atoms with van der Waals surface area (Å²) in [7, 11) is 1.40. The van der Waals surface area contributed by atoms with E-state index in [4.69, 9.17) is 4.74 Å². The Bertz CT molecular complexity index is 989. The zero-order valence-corrected chi connectivity index (χ0v) is 17.4. The van der Waals surface area contributed by atoms with Crippen molar-refractivity contribution in [3.05, 3.63) is 102 Å². The van der Waals surface area contributed by atoms with Gasteiger partial charge in [-0.15, -0.1) is 0 Å². The molecule has 29 heavy (non-hydrogen) atoms. The van der Waals surface area contributed by atoms with Crippen LogP contribution in [-0.2, 0) is 14.3 Å². The number of carbonyl (C=O) groups is 2. The summed E-state index contributed by atoms with van der Waals surface area (Å²) in [6.07, 6.45) is 1.82. The number of hydrogen-bond acceptors (Lipinski definition) is 3. The van der Waals surface area contributed by atoms with Crippen molar-refractivity contribution in [3.63, 3.8) is 0 Å². The average molecular weight is 402 g/mol. The van der Waals surface area contributed by atoms with Crippen LogP contribution in [0.4, 0.5) is 0 Å². The molecule has 0 saturated heterocycles. The summed E-state index contributed by atoms with van der Waals surface area (Å²) in [5.41, 5.74) is -0.415. The van der Waals surface area contributed by atoms with Gasteiger partial charge in [-0.1, -0.05) is 0 Å². The number of ether oxygens (including phenoxy) is 1. The zero-order chi connectivity index (χ0) is 20.5. The first-order valence-corrected chi connectivity index (χ1v) is 11.9. The van der Waals surface area contributed by atoms with Gasteiger partial charge in [-0.3, -0.25) is 0 Å². The molecule has 0 spiro atoms. The standard InChI is InChI=1S/C25H23O3P/c1-19(26)23-18-24(25(27)28-2)29(23,20-12-6-3-7-13-20,21-14-8-4-9-15-21)22-16-10-5-11-17-22/h3-18,23H,1-2H3. The van der Waals surface area contributed by atoms with Crippen molar-refractivity contribution < 1.29 is 14.3 Å². The number of rotatable bonds is 5. The summed E-state index contributed by atoms with van der Waals surface area (Å²) in [5, 5.41) is 3.60. The van der Waals surface area contributed by atoms with Gasteiger partial charge in [-0.2, -0.15) is 0 Å². The Morgan fingerprint density at radius 2 is 1.10 bits per heavy atom. The van der Waals surface area contributed by atoms with E-state index in [1.807, 2.05) is 97.1 Å². The van der Waals surface area contributed by atoms with Gasteiger partial charge in [0.15, 0.2) is 0 Å². The molecule has 4 heteroatoms. The molecule has 0 N–H and O–H groups in total. The van der Waals surface area contributed by atoms with E-state index < -0.39 is 12.3 Å². The fraction of sp³-hybridized carbons (Fsp3) is 0.120. The molecule has 0 amide bonds. The summed E-state index contributed by atoms with van der Waals surface area (Å²) in [4.78, 5) is 26.2. The molecule has 0 aromatic heterocycles. The molecule has 3 nitrogen and oxygen atoms in total. The number of methoxy groups -OCH3 is 1. The quantitative estimate of drug-likeness (QED) is 0.484. The van der Waals surface area contributed by atoms with Crippen molar-refractivity contribution in [1.82, 2.24) is 0 Å². The molecule has 1 atom stereocenters. The molecule has 0 bridgehead atoms. The van der Waals surface area contributed by atoms with E-state index in [1.165, 1.54) is 7.11 Å². The topological polar surface area (TPSA) is 43.4 Å². The van der Waals surface area contributed by atoms with Crippen molar-refractivity contribution >= 4 is 34.3 Å². The van der Waals surface area contributed by atoms with Gasteiger partial charge in [0.1, 0.15) is 0 Å². The van der Waals surface area contributed by atoms with Crippen LogP contribution in [0.5, 0.6) is 0 Å². The van der Waals surface area contributed by atoms with Crippen LogP contribution in [-0.4, -0.2) is 24.5 Å². The predicted octanol–water partition coefficient (Wildman–Crippen LogP) is 3.54. The molecular formula is C25H23O3P. The van der Waals surface area contributed by atoms with Gasteiger partial charge in [0.2, 0.25) is 0 Å². The van der Waals surface area contributed by atoms with Gasteiger partial charge in [-0.25, -0.2) is 0 Å². The number of hydrogen-bond donors (Lipinski definition) is 0. The normalized spacial score (nSPS) is 20.3. The van der Waals surface area contributed by atoms with Crippen LogP contribution >= 0.6 is 6.60 Å². The van der Waals surface area contributed by atoms with Crippen molar-refractivity contribution in [2.45, 2.75) is 12.6 Å². The average Bonchev–Trinajstić information content (AvgIpc) is 2.76. The third kappa shape index (κ3) is 2.34. The van der Waals surface area contributed by atoms with Gasteiger partial charge in [0.25, 0.3) is 0 Å². The number of allylic oxidation sites excluding steroid dienone is 1. The summed E-state index contributed by atoms with van der Waals surface area (Å²) < 4.78 is 5.24. The Hall–Kier alpha value is -3.03. The Labute approximate surface area is 171 Å². The second kappa shape index (κ2) is 7.09. The fourth-order valence-corrected chi connectivity index (χ4v) is 12.1. The van der Waals surface area contributed by atoms with Crippen molar-refractivity contribution in [2.24, 2.45) is 0 Å². The van der Waals surface area contributed by atoms with E-state index in [0.29, 0.717) is 5.31 Å². The molecule has 1 unspecified atom stereocenters. The molecule has 1 aliphatic heterocycles. The van der Waals surface area contributed by atoms with E-state index >= 15 is 0 Å². The van der Waals surface area contributed by atoms with Crippen LogP contribution in [0.1, 0.15) is 6.92 Å². The summed E-state index contributed by atoms with van der Waals surface area (Å²) in [6, 6.07) is 30.0. The number of esters is 1. The Kier molecular flexibility index (Phi) is 4.72. The van der Waals surface area contributed by atoms with Crippen LogP contribution in [0.15, 0.2) is 102 Å². The third-order valence-corrected chi connectivity index (χ3v) is 13.1. The SMILES string of the molecule is COC(=O)C1=CC(C(C)=O)P1(c1ccccc1)(c1ccccc1)c1ccccc1. The zero-order valence-electron chi connectivity index (χ0n) is 16.5. The summed E-state index contributed by atoms with van der Waals surface area (Å²) in [6.45, 7) is -2.00. The first kappa shape index (κ1) is 19.3. The van der Waals surface area contributed by atoms with E-state index in [9.17, 15) is 9.59 Å². The summed E-state index contributed by atoms with van der Waals surface area (Å²) in [5.74, 6) is -0.330. The number of Topliss-reactive ketones (excluding diaryl/α,β-unsaturated/α-hetero) is 1.